The molecule has 0 amide bonds. The Morgan fingerprint density at radius 2 is 2.00 bits per heavy atom. The van der Waals surface area contributed by atoms with Gasteiger partial charge in [-0.1, -0.05) is 12.1 Å². The monoisotopic (exact) mass is 225 g/mol. The standard InChI is InChI=1S/C14H11NO2/c1-10-5-6-14(11(7-10)9-15)17-13-4-2-3-12(16)8-13/h2-8,16H,1H3. The van der Waals surface area contributed by atoms with Gasteiger partial charge in [0.15, 0.2) is 0 Å². The minimum atomic E-state index is 0.133. The first kappa shape index (κ1) is 11.0. The van der Waals surface area contributed by atoms with Crippen LogP contribution in [0.4, 0.5) is 0 Å². The van der Waals surface area contributed by atoms with E-state index in [1.54, 1.807) is 30.3 Å². The second-order valence-corrected chi connectivity index (χ2v) is 3.71. The number of rotatable bonds is 2. The van der Waals surface area contributed by atoms with Crippen LogP contribution < -0.4 is 4.74 Å². The highest BCUT2D eigenvalue weighted by molar-refractivity contribution is 5.47. The third-order valence-electron chi connectivity index (χ3n) is 2.30. The Labute approximate surface area is 99.5 Å². The minimum Gasteiger partial charge on any atom is -0.508 e. The van der Waals surface area contributed by atoms with Crippen molar-refractivity contribution >= 4 is 0 Å². The normalized spacial score (nSPS) is 9.65. The molecule has 0 aliphatic heterocycles. The molecule has 0 spiro atoms. The van der Waals surface area contributed by atoms with E-state index in [1.807, 2.05) is 13.0 Å². The van der Waals surface area contributed by atoms with E-state index in [4.69, 9.17) is 10.00 Å². The van der Waals surface area contributed by atoms with Crippen molar-refractivity contribution in [2.75, 3.05) is 0 Å². The Bertz CT molecular complexity index is 585. The SMILES string of the molecule is Cc1ccc(Oc2cccc(O)c2)c(C#N)c1. The molecule has 0 unspecified atom stereocenters. The Kier molecular flexibility index (Phi) is 2.97. The Balaban J connectivity index is 2.34. The van der Waals surface area contributed by atoms with Gasteiger partial charge in [-0.2, -0.15) is 5.26 Å². The van der Waals surface area contributed by atoms with E-state index in [0.29, 0.717) is 17.1 Å². The van der Waals surface area contributed by atoms with Crippen molar-refractivity contribution in [3.63, 3.8) is 0 Å². The maximum atomic E-state index is 9.32. The highest BCUT2D eigenvalue weighted by atomic mass is 16.5. The second-order valence-electron chi connectivity index (χ2n) is 3.71. The molecular formula is C14H11NO2. The summed E-state index contributed by atoms with van der Waals surface area (Å²) in [6.07, 6.45) is 0. The maximum Gasteiger partial charge on any atom is 0.145 e. The van der Waals surface area contributed by atoms with Crippen LogP contribution in [0.15, 0.2) is 42.5 Å². The van der Waals surface area contributed by atoms with Gasteiger partial charge in [-0.3, -0.25) is 0 Å². The summed E-state index contributed by atoms with van der Waals surface area (Å²) in [5.74, 6) is 1.13. The molecule has 0 fully saturated rings. The van der Waals surface area contributed by atoms with E-state index in [9.17, 15) is 5.11 Å². The van der Waals surface area contributed by atoms with Crippen LogP contribution in [-0.4, -0.2) is 5.11 Å². The summed E-state index contributed by atoms with van der Waals surface area (Å²) in [6, 6.07) is 13.9. The Morgan fingerprint density at radius 3 is 2.71 bits per heavy atom. The summed E-state index contributed by atoms with van der Waals surface area (Å²) >= 11 is 0. The van der Waals surface area contributed by atoms with Crippen molar-refractivity contribution in [3.8, 4) is 23.3 Å². The van der Waals surface area contributed by atoms with Gasteiger partial charge >= 0.3 is 0 Å². The number of phenolic OH excluding ortho intramolecular Hbond substituents is 1. The number of hydrogen-bond acceptors (Lipinski definition) is 3. The summed E-state index contributed by atoms with van der Waals surface area (Å²) in [5.41, 5.74) is 1.48. The molecular weight excluding hydrogens is 214 g/mol. The predicted octanol–water partition coefficient (Wildman–Crippen LogP) is 3.36. The molecule has 0 aliphatic carbocycles. The fourth-order valence-electron chi connectivity index (χ4n) is 1.49. The fraction of sp³-hybridized carbons (Fsp3) is 0.0714. The first-order valence-electron chi connectivity index (χ1n) is 5.16. The lowest BCUT2D eigenvalue weighted by Gasteiger charge is -2.08. The molecule has 0 saturated carbocycles. The van der Waals surface area contributed by atoms with E-state index < -0.39 is 0 Å². The van der Waals surface area contributed by atoms with Crippen molar-refractivity contribution in [1.82, 2.24) is 0 Å². The molecule has 0 aromatic heterocycles. The number of aromatic hydroxyl groups is 1. The van der Waals surface area contributed by atoms with Gasteiger partial charge in [-0.25, -0.2) is 0 Å². The fourth-order valence-corrected chi connectivity index (χ4v) is 1.49. The van der Waals surface area contributed by atoms with Crippen LogP contribution in [0.5, 0.6) is 17.2 Å². The largest absolute Gasteiger partial charge is 0.508 e. The topological polar surface area (TPSA) is 53.2 Å². The van der Waals surface area contributed by atoms with Gasteiger partial charge in [0.1, 0.15) is 23.3 Å². The zero-order valence-electron chi connectivity index (χ0n) is 9.34. The number of ether oxygens (including phenoxy) is 1. The summed E-state index contributed by atoms with van der Waals surface area (Å²) < 4.78 is 5.55. The highest BCUT2D eigenvalue weighted by Gasteiger charge is 2.05. The lowest BCUT2D eigenvalue weighted by Crippen LogP contribution is -1.88. The van der Waals surface area contributed by atoms with Crippen LogP contribution >= 0.6 is 0 Å². The van der Waals surface area contributed by atoms with Crippen LogP contribution in [0.25, 0.3) is 0 Å². The number of nitrogens with zero attached hydrogens (tertiary/aromatic N) is 1. The Hall–Kier alpha value is -2.47. The van der Waals surface area contributed by atoms with Crippen LogP contribution in [0.1, 0.15) is 11.1 Å². The average Bonchev–Trinajstić information content (AvgIpc) is 2.31. The molecule has 3 heteroatoms. The molecule has 0 atom stereocenters. The number of benzene rings is 2. The van der Waals surface area contributed by atoms with Crippen LogP contribution in [0, 0.1) is 18.3 Å². The molecule has 2 aromatic carbocycles. The zero-order valence-corrected chi connectivity index (χ0v) is 9.34. The van der Waals surface area contributed by atoms with Crippen LogP contribution in [0.3, 0.4) is 0 Å². The first-order chi connectivity index (χ1) is 8.19. The van der Waals surface area contributed by atoms with Crippen molar-refractivity contribution in [1.29, 1.82) is 5.26 Å². The molecule has 1 N–H and O–H groups in total. The van der Waals surface area contributed by atoms with Gasteiger partial charge in [0.2, 0.25) is 0 Å². The maximum absolute atomic E-state index is 9.32. The molecule has 84 valence electrons. The molecule has 0 aliphatic rings. The van der Waals surface area contributed by atoms with E-state index in [-0.39, 0.29) is 5.75 Å². The first-order valence-corrected chi connectivity index (χ1v) is 5.16. The van der Waals surface area contributed by atoms with Gasteiger partial charge in [-0.05, 0) is 36.8 Å². The van der Waals surface area contributed by atoms with Gasteiger partial charge in [0.05, 0.1) is 5.56 Å². The Morgan fingerprint density at radius 1 is 1.18 bits per heavy atom. The molecule has 0 bridgehead atoms. The molecule has 0 saturated heterocycles. The molecule has 2 aromatic rings. The number of aryl methyl sites for hydroxylation is 1. The number of nitriles is 1. The van der Waals surface area contributed by atoms with Crippen LogP contribution in [0.2, 0.25) is 0 Å². The highest BCUT2D eigenvalue weighted by Crippen LogP contribution is 2.27. The average molecular weight is 225 g/mol. The minimum absolute atomic E-state index is 0.133. The van der Waals surface area contributed by atoms with Gasteiger partial charge in [0.25, 0.3) is 0 Å². The van der Waals surface area contributed by atoms with E-state index in [1.165, 1.54) is 6.07 Å². The molecule has 3 nitrogen and oxygen atoms in total. The van der Waals surface area contributed by atoms with Gasteiger partial charge in [-0.15, -0.1) is 0 Å². The third kappa shape index (κ3) is 2.56. The zero-order chi connectivity index (χ0) is 12.3. The van der Waals surface area contributed by atoms with Crippen molar-refractivity contribution in [2.24, 2.45) is 0 Å². The smallest absolute Gasteiger partial charge is 0.145 e. The summed E-state index contributed by atoms with van der Waals surface area (Å²) in [6.45, 7) is 1.92. The number of phenols is 1. The van der Waals surface area contributed by atoms with Crippen LogP contribution in [-0.2, 0) is 0 Å². The van der Waals surface area contributed by atoms with E-state index >= 15 is 0 Å². The van der Waals surface area contributed by atoms with Crippen molar-refractivity contribution in [3.05, 3.63) is 53.6 Å². The van der Waals surface area contributed by atoms with Gasteiger partial charge < -0.3 is 9.84 Å². The predicted molar refractivity (Wildman–Crippen MR) is 64.1 cm³/mol. The molecule has 2 rings (SSSR count). The number of hydrogen-bond donors (Lipinski definition) is 1. The molecule has 0 heterocycles. The second kappa shape index (κ2) is 4.58. The summed E-state index contributed by atoms with van der Waals surface area (Å²) in [4.78, 5) is 0. The van der Waals surface area contributed by atoms with Crippen molar-refractivity contribution < 1.29 is 9.84 Å². The summed E-state index contributed by atoms with van der Waals surface area (Å²) in [5, 5.41) is 18.3. The van der Waals surface area contributed by atoms with E-state index in [0.717, 1.165) is 5.56 Å². The van der Waals surface area contributed by atoms with Gasteiger partial charge in [0, 0.05) is 6.07 Å². The molecule has 0 radical (unpaired) electrons. The molecule has 17 heavy (non-hydrogen) atoms. The lowest BCUT2D eigenvalue weighted by atomic mass is 10.1. The van der Waals surface area contributed by atoms with E-state index in [2.05, 4.69) is 6.07 Å². The third-order valence-corrected chi connectivity index (χ3v) is 2.30. The summed E-state index contributed by atoms with van der Waals surface area (Å²) in [7, 11) is 0. The van der Waals surface area contributed by atoms with Crippen molar-refractivity contribution in [2.45, 2.75) is 6.92 Å². The quantitative estimate of drug-likeness (QED) is 0.852. The lowest BCUT2D eigenvalue weighted by molar-refractivity contribution is 0.454.